The Hall–Kier alpha value is -3.11. The Morgan fingerprint density at radius 3 is 2.44 bits per heavy atom. The number of benzene rings is 3. The highest BCUT2D eigenvalue weighted by atomic mass is 35.5. The zero-order chi connectivity index (χ0) is 19.1. The first kappa shape index (κ1) is 18.7. The highest BCUT2D eigenvalue weighted by molar-refractivity contribution is 6.33. The number of hydrogen-bond acceptors (Lipinski definition) is 3. The molecule has 0 unspecified atom stereocenters. The summed E-state index contributed by atoms with van der Waals surface area (Å²) in [5.74, 6) is 0.409. The second-order valence-electron chi connectivity index (χ2n) is 5.98. The molecule has 0 radical (unpaired) electrons. The van der Waals surface area contributed by atoms with Gasteiger partial charge in [-0.05, 0) is 61.0 Å². The van der Waals surface area contributed by atoms with Gasteiger partial charge in [-0.25, -0.2) is 0 Å². The van der Waals surface area contributed by atoms with Crippen molar-refractivity contribution in [1.82, 2.24) is 0 Å². The third-order valence-corrected chi connectivity index (χ3v) is 4.11. The van der Waals surface area contributed by atoms with Crippen LogP contribution in [0.3, 0.4) is 0 Å². The number of rotatable bonds is 6. The summed E-state index contributed by atoms with van der Waals surface area (Å²) < 4.78 is 5.52. The van der Waals surface area contributed by atoms with E-state index in [0.717, 1.165) is 16.8 Å². The van der Waals surface area contributed by atoms with Gasteiger partial charge >= 0.3 is 0 Å². The molecule has 0 aliphatic rings. The van der Waals surface area contributed by atoms with Crippen LogP contribution >= 0.6 is 11.6 Å². The summed E-state index contributed by atoms with van der Waals surface area (Å²) in [5, 5.41) is 3.40. The standard InChI is InChI=1S/C22H19ClN2O2/c1-16-6-10-18(11-7-16)25-22(26)15-27-19-12-8-17(9-13-19)14-24-21-5-3-2-4-20(21)23/h2-14H,15H2,1H3,(H,25,26). The lowest BCUT2D eigenvalue weighted by molar-refractivity contribution is -0.118. The van der Waals surface area contributed by atoms with E-state index in [9.17, 15) is 4.79 Å². The first-order valence-electron chi connectivity index (χ1n) is 8.48. The molecule has 3 aromatic carbocycles. The fourth-order valence-corrected chi connectivity index (χ4v) is 2.52. The van der Waals surface area contributed by atoms with Crippen molar-refractivity contribution in [2.75, 3.05) is 11.9 Å². The number of carbonyl (C=O) groups excluding carboxylic acids is 1. The van der Waals surface area contributed by atoms with Crippen LogP contribution in [0.25, 0.3) is 0 Å². The molecule has 3 rings (SSSR count). The summed E-state index contributed by atoms with van der Waals surface area (Å²) >= 11 is 6.08. The van der Waals surface area contributed by atoms with Crippen LogP contribution in [0.5, 0.6) is 5.75 Å². The molecule has 0 aliphatic heterocycles. The topological polar surface area (TPSA) is 50.7 Å². The van der Waals surface area contributed by atoms with Gasteiger partial charge in [0.05, 0.1) is 10.7 Å². The summed E-state index contributed by atoms with van der Waals surface area (Å²) in [6.07, 6.45) is 1.73. The Balaban J connectivity index is 1.52. The number of nitrogens with zero attached hydrogens (tertiary/aromatic N) is 1. The lowest BCUT2D eigenvalue weighted by atomic mass is 10.2. The summed E-state index contributed by atoms with van der Waals surface area (Å²) in [4.78, 5) is 16.3. The number of nitrogens with one attached hydrogen (secondary N) is 1. The average molecular weight is 379 g/mol. The van der Waals surface area contributed by atoms with Crippen molar-refractivity contribution in [1.29, 1.82) is 0 Å². The normalized spacial score (nSPS) is 10.7. The van der Waals surface area contributed by atoms with E-state index in [1.165, 1.54) is 0 Å². The van der Waals surface area contributed by atoms with Crippen LogP contribution in [0, 0.1) is 6.92 Å². The first-order chi connectivity index (χ1) is 13.1. The molecule has 0 saturated heterocycles. The van der Waals surface area contributed by atoms with Gasteiger partial charge in [-0.2, -0.15) is 0 Å². The highest BCUT2D eigenvalue weighted by Gasteiger charge is 2.04. The number of hydrogen-bond donors (Lipinski definition) is 1. The van der Waals surface area contributed by atoms with Crippen molar-refractivity contribution >= 4 is 35.1 Å². The fourth-order valence-electron chi connectivity index (χ4n) is 2.33. The zero-order valence-electron chi connectivity index (χ0n) is 14.9. The second kappa shape index (κ2) is 9.01. The SMILES string of the molecule is Cc1ccc(NC(=O)COc2ccc(C=Nc3ccccc3Cl)cc2)cc1. The van der Waals surface area contributed by atoms with Gasteiger partial charge in [-0.15, -0.1) is 0 Å². The summed E-state index contributed by atoms with van der Waals surface area (Å²) in [7, 11) is 0. The molecule has 0 aliphatic carbocycles. The van der Waals surface area contributed by atoms with E-state index in [1.807, 2.05) is 61.5 Å². The molecular formula is C22H19ClN2O2. The van der Waals surface area contributed by atoms with Crippen LogP contribution in [-0.2, 0) is 4.79 Å². The van der Waals surface area contributed by atoms with Crippen LogP contribution in [0.4, 0.5) is 11.4 Å². The minimum absolute atomic E-state index is 0.0546. The van der Waals surface area contributed by atoms with E-state index >= 15 is 0 Å². The zero-order valence-corrected chi connectivity index (χ0v) is 15.6. The lowest BCUT2D eigenvalue weighted by Gasteiger charge is -2.08. The molecule has 0 bridgehead atoms. The number of carbonyl (C=O) groups is 1. The van der Waals surface area contributed by atoms with Gasteiger partial charge in [-0.1, -0.05) is 41.4 Å². The number of halogens is 1. The number of aryl methyl sites for hydroxylation is 1. The van der Waals surface area contributed by atoms with Crippen molar-refractivity contribution < 1.29 is 9.53 Å². The van der Waals surface area contributed by atoms with Crippen LogP contribution in [0.2, 0.25) is 5.02 Å². The molecular weight excluding hydrogens is 360 g/mol. The number of ether oxygens (including phenoxy) is 1. The predicted molar refractivity (Wildman–Crippen MR) is 110 cm³/mol. The van der Waals surface area contributed by atoms with Crippen LogP contribution in [0.15, 0.2) is 77.8 Å². The maximum Gasteiger partial charge on any atom is 0.262 e. The highest BCUT2D eigenvalue weighted by Crippen LogP contribution is 2.23. The van der Waals surface area contributed by atoms with Crippen molar-refractivity contribution in [3.8, 4) is 5.75 Å². The number of amides is 1. The van der Waals surface area contributed by atoms with E-state index in [4.69, 9.17) is 16.3 Å². The summed E-state index contributed by atoms with van der Waals surface area (Å²) in [5.41, 5.74) is 3.52. The monoisotopic (exact) mass is 378 g/mol. The minimum Gasteiger partial charge on any atom is -0.484 e. The Kier molecular flexibility index (Phi) is 6.23. The van der Waals surface area contributed by atoms with Gasteiger partial charge in [0.1, 0.15) is 5.75 Å². The van der Waals surface area contributed by atoms with Gasteiger partial charge in [-0.3, -0.25) is 9.79 Å². The van der Waals surface area contributed by atoms with Gasteiger partial charge < -0.3 is 10.1 Å². The maximum atomic E-state index is 12.0. The molecule has 5 heteroatoms. The number of anilines is 1. The molecule has 1 N–H and O–H groups in total. The Labute approximate surface area is 163 Å². The Morgan fingerprint density at radius 1 is 1.04 bits per heavy atom. The quantitative estimate of drug-likeness (QED) is 0.582. The molecule has 1 amide bonds. The Morgan fingerprint density at radius 2 is 1.74 bits per heavy atom. The van der Waals surface area contributed by atoms with Crippen molar-refractivity contribution in [2.45, 2.75) is 6.92 Å². The molecule has 0 atom stereocenters. The van der Waals surface area contributed by atoms with Crippen molar-refractivity contribution in [3.05, 3.63) is 88.9 Å². The number of aliphatic imine (C=N–C) groups is 1. The lowest BCUT2D eigenvalue weighted by Crippen LogP contribution is -2.20. The molecule has 3 aromatic rings. The van der Waals surface area contributed by atoms with E-state index in [1.54, 1.807) is 24.4 Å². The third kappa shape index (κ3) is 5.69. The van der Waals surface area contributed by atoms with Gasteiger partial charge in [0.25, 0.3) is 5.91 Å². The average Bonchev–Trinajstić information content (AvgIpc) is 2.68. The van der Waals surface area contributed by atoms with Gasteiger partial charge in [0, 0.05) is 11.9 Å². The molecule has 0 fully saturated rings. The maximum absolute atomic E-state index is 12.0. The molecule has 27 heavy (non-hydrogen) atoms. The van der Waals surface area contributed by atoms with Crippen molar-refractivity contribution in [2.24, 2.45) is 4.99 Å². The molecule has 0 heterocycles. The Bertz CT molecular complexity index is 935. The van der Waals surface area contributed by atoms with E-state index in [-0.39, 0.29) is 12.5 Å². The van der Waals surface area contributed by atoms with Crippen LogP contribution < -0.4 is 10.1 Å². The minimum atomic E-state index is -0.205. The first-order valence-corrected chi connectivity index (χ1v) is 8.86. The smallest absolute Gasteiger partial charge is 0.262 e. The second-order valence-corrected chi connectivity index (χ2v) is 6.39. The van der Waals surface area contributed by atoms with Crippen molar-refractivity contribution in [3.63, 3.8) is 0 Å². The molecule has 4 nitrogen and oxygen atoms in total. The largest absolute Gasteiger partial charge is 0.484 e. The number of para-hydroxylation sites is 1. The van der Waals surface area contributed by atoms with E-state index in [2.05, 4.69) is 10.3 Å². The predicted octanol–water partition coefficient (Wildman–Crippen LogP) is 5.42. The third-order valence-electron chi connectivity index (χ3n) is 3.79. The molecule has 0 aromatic heterocycles. The molecule has 0 spiro atoms. The fraction of sp³-hybridized carbons (Fsp3) is 0.0909. The van der Waals surface area contributed by atoms with Gasteiger partial charge in [0.2, 0.25) is 0 Å². The molecule has 0 saturated carbocycles. The van der Waals surface area contributed by atoms with E-state index < -0.39 is 0 Å². The molecule has 136 valence electrons. The summed E-state index contributed by atoms with van der Waals surface area (Å²) in [6, 6.07) is 22.3. The van der Waals surface area contributed by atoms with Gasteiger partial charge in [0.15, 0.2) is 6.61 Å². The summed E-state index contributed by atoms with van der Waals surface area (Å²) in [6.45, 7) is 1.94. The van der Waals surface area contributed by atoms with E-state index in [0.29, 0.717) is 16.5 Å². The van der Waals surface area contributed by atoms with Crippen LogP contribution in [-0.4, -0.2) is 18.7 Å². The van der Waals surface area contributed by atoms with Crippen LogP contribution in [0.1, 0.15) is 11.1 Å².